The van der Waals surface area contributed by atoms with Gasteiger partial charge in [0, 0.05) is 10.0 Å². The van der Waals surface area contributed by atoms with E-state index in [2.05, 4.69) is 22.5 Å². The van der Waals surface area contributed by atoms with Crippen LogP contribution in [0, 0.1) is 0 Å². The topological polar surface area (TPSA) is 37.3 Å². The molecule has 1 aromatic carbocycles. The average molecular weight is 245 g/mol. The van der Waals surface area contributed by atoms with Crippen LogP contribution in [-0.4, -0.2) is 11.1 Å². The van der Waals surface area contributed by atoms with Gasteiger partial charge in [0.15, 0.2) is 0 Å². The number of carbonyl (C=O) groups is 1. The van der Waals surface area contributed by atoms with Gasteiger partial charge < -0.3 is 5.11 Å². The highest BCUT2D eigenvalue weighted by atomic mass is 79.9. The minimum absolute atomic E-state index is 0.102. The quantitative estimate of drug-likeness (QED) is 0.869. The van der Waals surface area contributed by atoms with E-state index in [1.807, 2.05) is 0 Å². The lowest BCUT2D eigenvalue weighted by atomic mass is 10.1. The van der Waals surface area contributed by atoms with Crippen LogP contribution < -0.4 is 0 Å². The maximum atomic E-state index is 12.6. The Labute approximate surface area is 82.8 Å². The van der Waals surface area contributed by atoms with Gasteiger partial charge in [-0.25, -0.2) is 9.18 Å². The SMILES string of the molecule is C=C(F)c1ccc(C(=O)O)c(Br)c1. The van der Waals surface area contributed by atoms with E-state index in [-0.39, 0.29) is 11.1 Å². The largest absolute Gasteiger partial charge is 0.478 e. The van der Waals surface area contributed by atoms with Crippen LogP contribution in [0.1, 0.15) is 15.9 Å². The van der Waals surface area contributed by atoms with Crippen molar-refractivity contribution in [3.8, 4) is 0 Å². The normalized spacial score (nSPS) is 9.69. The van der Waals surface area contributed by atoms with Crippen LogP contribution in [0.5, 0.6) is 0 Å². The van der Waals surface area contributed by atoms with Crippen LogP contribution in [0.4, 0.5) is 4.39 Å². The van der Waals surface area contributed by atoms with Crippen LogP contribution in [0.3, 0.4) is 0 Å². The molecule has 0 radical (unpaired) electrons. The number of rotatable bonds is 2. The Bertz CT molecular complexity index is 374. The number of aromatic carboxylic acids is 1. The molecular formula is C9H6BrFO2. The zero-order chi connectivity index (χ0) is 10.0. The van der Waals surface area contributed by atoms with Gasteiger partial charge in [0.05, 0.1) is 5.56 Å². The number of carboxylic acids is 1. The van der Waals surface area contributed by atoms with Crippen LogP contribution in [0.2, 0.25) is 0 Å². The smallest absolute Gasteiger partial charge is 0.336 e. The Hall–Kier alpha value is -1.16. The van der Waals surface area contributed by atoms with E-state index in [1.54, 1.807) is 0 Å². The molecule has 1 aromatic rings. The first-order valence-electron chi connectivity index (χ1n) is 3.40. The molecule has 1 rings (SSSR count). The third-order valence-electron chi connectivity index (χ3n) is 1.51. The first-order chi connectivity index (χ1) is 6.02. The summed E-state index contributed by atoms with van der Waals surface area (Å²) in [5.74, 6) is -1.64. The molecule has 13 heavy (non-hydrogen) atoms. The van der Waals surface area contributed by atoms with E-state index in [1.165, 1.54) is 18.2 Å². The van der Waals surface area contributed by atoms with Crippen molar-refractivity contribution < 1.29 is 14.3 Å². The fourth-order valence-corrected chi connectivity index (χ4v) is 1.41. The summed E-state index contributed by atoms with van der Waals surface area (Å²) < 4.78 is 12.9. The summed E-state index contributed by atoms with van der Waals surface area (Å²) in [6.07, 6.45) is 0. The Morgan fingerprint density at radius 3 is 2.54 bits per heavy atom. The Kier molecular flexibility index (Phi) is 2.83. The lowest BCUT2D eigenvalue weighted by Crippen LogP contribution is -1.97. The number of carboxylic acid groups (broad SMARTS) is 1. The second-order valence-corrected chi connectivity index (χ2v) is 3.26. The van der Waals surface area contributed by atoms with Crippen molar-refractivity contribution in [1.29, 1.82) is 0 Å². The minimum Gasteiger partial charge on any atom is -0.478 e. The third kappa shape index (κ3) is 2.15. The van der Waals surface area contributed by atoms with Gasteiger partial charge in [0.2, 0.25) is 0 Å². The summed E-state index contributed by atoms with van der Waals surface area (Å²) >= 11 is 3.03. The fourth-order valence-electron chi connectivity index (χ4n) is 0.857. The predicted octanol–water partition coefficient (Wildman–Crippen LogP) is 3.09. The molecule has 0 fully saturated rings. The minimum atomic E-state index is -1.05. The highest BCUT2D eigenvalue weighted by Crippen LogP contribution is 2.22. The zero-order valence-electron chi connectivity index (χ0n) is 6.55. The van der Waals surface area contributed by atoms with Gasteiger partial charge in [-0.2, -0.15) is 0 Å². The van der Waals surface area contributed by atoms with E-state index >= 15 is 0 Å². The van der Waals surface area contributed by atoms with E-state index in [4.69, 9.17) is 5.11 Å². The summed E-state index contributed by atoms with van der Waals surface area (Å²) in [6, 6.07) is 4.08. The van der Waals surface area contributed by atoms with Crippen LogP contribution in [-0.2, 0) is 0 Å². The summed E-state index contributed by atoms with van der Waals surface area (Å²) in [7, 11) is 0. The molecule has 0 aliphatic carbocycles. The van der Waals surface area contributed by atoms with E-state index in [0.717, 1.165) is 0 Å². The second-order valence-electron chi connectivity index (χ2n) is 2.40. The van der Waals surface area contributed by atoms with Crippen molar-refractivity contribution >= 4 is 27.7 Å². The van der Waals surface area contributed by atoms with Crippen molar-refractivity contribution in [3.63, 3.8) is 0 Å². The lowest BCUT2D eigenvalue weighted by molar-refractivity contribution is 0.0696. The molecule has 0 bridgehead atoms. The Morgan fingerprint density at radius 2 is 2.15 bits per heavy atom. The zero-order valence-corrected chi connectivity index (χ0v) is 8.14. The molecule has 0 unspecified atom stereocenters. The molecule has 0 aromatic heterocycles. The van der Waals surface area contributed by atoms with Crippen LogP contribution in [0.25, 0.3) is 5.83 Å². The summed E-state index contributed by atoms with van der Waals surface area (Å²) in [5.41, 5.74) is 0.377. The van der Waals surface area contributed by atoms with Crippen molar-refractivity contribution in [1.82, 2.24) is 0 Å². The van der Waals surface area contributed by atoms with Gasteiger partial charge in [-0.1, -0.05) is 12.6 Å². The number of hydrogen-bond donors (Lipinski definition) is 1. The van der Waals surface area contributed by atoms with Crippen molar-refractivity contribution in [2.45, 2.75) is 0 Å². The van der Waals surface area contributed by atoms with E-state index in [9.17, 15) is 9.18 Å². The molecular weight excluding hydrogens is 239 g/mol. The number of benzene rings is 1. The Morgan fingerprint density at radius 1 is 1.54 bits per heavy atom. The standard InChI is InChI=1S/C9H6BrFO2/c1-5(11)6-2-3-7(9(12)13)8(10)4-6/h2-4H,1H2,(H,12,13). The van der Waals surface area contributed by atoms with Crippen molar-refractivity contribution in [2.75, 3.05) is 0 Å². The molecule has 0 heterocycles. The molecule has 0 aliphatic rings. The molecule has 0 aliphatic heterocycles. The summed E-state index contributed by atoms with van der Waals surface area (Å²) in [4.78, 5) is 10.6. The first-order valence-corrected chi connectivity index (χ1v) is 4.19. The average Bonchev–Trinajstić information content (AvgIpc) is 2.03. The monoisotopic (exact) mass is 244 g/mol. The molecule has 0 spiro atoms. The van der Waals surface area contributed by atoms with Gasteiger partial charge in [0.25, 0.3) is 0 Å². The summed E-state index contributed by atoms with van der Waals surface area (Å²) in [6.45, 7) is 3.11. The molecule has 0 atom stereocenters. The van der Waals surface area contributed by atoms with Crippen LogP contribution in [0.15, 0.2) is 29.3 Å². The Balaban J connectivity index is 3.20. The van der Waals surface area contributed by atoms with Gasteiger partial charge >= 0.3 is 5.97 Å². The van der Waals surface area contributed by atoms with E-state index in [0.29, 0.717) is 4.47 Å². The molecule has 68 valence electrons. The molecule has 0 saturated carbocycles. The number of halogens is 2. The summed E-state index contributed by atoms with van der Waals surface area (Å²) in [5, 5.41) is 8.65. The van der Waals surface area contributed by atoms with Gasteiger partial charge in [-0.3, -0.25) is 0 Å². The predicted molar refractivity (Wildman–Crippen MR) is 51.2 cm³/mol. The van der Waals surface area contributed by atoms with E-state index < -0.39 is 11.8 Å². The van der Waals surface area contributed by atoms with Gasteiger partial charge in [-0.15, -0.1) is 0 Å². The maximum absolute atomic E-state index is 12.6. The van der Waals surface area contributed by atoms with Crippen molar-refractivity contribution in [3.05, 3.63) is 40.4 Å². The molecule has 4 heteroatoms. The second kappa shape index (κ2) is 3.70. The molecule has 1 N–H and O–H groups in total. The van der Waals surface area contributed by atoms with Gasteiger partial charge in [0.1, 0.15) is 5.83 Å². The number of hydrogen-bond acceptors (Lipinski definition) is 1. The molecule has 0 saturated heterocycles. The first kappa shape index (κ1) is 9.92. The van der Waals surface area contributed by atoms with Crippen molar-refractivity contribution in [2.24, 2.45) is 0 Å². The third-order valence-corrected chi connectivity index (χ3v) is 2.17. The molecule has 0 amide bonds. The fraction of sp³-hybridized carbons (Fsp3) is 0. The van der Waals surface area contributed by atoms with Crippen LogP contribution >= 0.6 is 15.9 Å². The molecule has 2 nitrogen and oxygen atoms in total. The maximum Gasteiger partial charge on any atom is 0.336 e. The highest BCUT2D eigenvalue weighted by Gasteiger charge is 2.09. The van der Waals surface area contributed by atoms with Gasteiger partial charge in [-0.05, 0) is 28.1 Å². The highest BCUT2D eigenvalue weighted by molar-refractivity contribution is 9.10. The lowest BCUT2D eigenvalue weighted by Gasteiger charge is -2.01.